The fourth-order valence-electron chi connectivity index (χ4n) is 1.87. The highest BCUT2D eigenvalue weighted by atomic mass is 16.5. The van der Waals surface area contributed by atoms with Crippen LogP contribution in [-0.4, -0.2) is 30.8 Å². The SMILES string of the molecule is COC(=O)Cc1cc2c(c(C(=O)O)c1)OCC2. The van der Waals surface area contributed by atoms with Gasteiger partial charge in [0.05, 0.1) is 20.1 Å². The molecule has 17 heavy (non-hydrogen) atoms. The number of rotatable bonds is 3. The van der Waals surface area contributed by atoms with E-state index in [1.807, 2.05) is 0 Å². The molecule has 1 aliphatic heterocycles. The lowest BCUT2D eigenvalue weighted by molar-refractivity contribution is -0.139. The monoisotopic (exact) mass is 236 g/mol. The molecular weight excluding hydrogens is 224 g/mol. The Bertz CT molecular complexity index is 478. The largest absolute Gasteiger partial charge is 0.492 e. The highest BCUT2D eigenvalue weighted by Gasteiger charge is 2.22. The van der Waals surface area contributed by atoms with Gasteiger partial charge in [-0.25, -0.2) is 4.79 Å². The number of carboxylic acids is 1. The maximum absolute atomic E-state index is 11.2. The summed E-state index contributed by atoms with van der Waals surface area (Å²) in [6, 6.07) is 3.26. The molecule has 0 radical (unpaired) electrons. The van der Waals surface area contributed by atoms with Gasteiger partial charge in [0.15, 0.2) is 0 Å². The lowest BCUT2D eigenvalue weighted by Gasteiger charge is -2.07. The summed E-state index contributed by atoms with van der Waals surface area (Å²) in [7, 11) is 1.30. The molecule has 0 aromatic heterocycles. The van der Waals surface area contributed by atoms with Gasteiger partial charge in [-0.15, -0.1) is 0 Å². The topological polar surface area (TPSA) is 72.8 Å². The summed E-state index contributed by atoms with van der Waals surface area (Å²) in [5, 5.41) is 9.07. The van der Waals surface area contributed by atoms with Crippen molar-refractivity contribution >= 4 is 11.9 Å². The fraction of sp³-hybridized carbons (Fsp3) is 0.333. The van der Waals surface area contributed by atoms with Gasteiger partial charge in [0.2, 0.25) is 0 Å². The van der Waals surface area contributed by atoms with Crippen LogP contribution in [0.1, 0.15) is 21.5 Å². The van der Waals surface area contributed by atoms with Crippen LogP contribution < -0.4 is 4.74 Å². The summed E-state index contributed by atoms with van der Waals surface area (Å²) >= 11 is 0. The van der Waals surface area contributed by atoms with Gasteiger partial charge in [0, 0.05) is 6.42 Å². The van der Waals surface area contributed by atoms with Crippen LogP contribution in [0.5, 0.6) is 5.75 Å². The molecule has 1 aliphatic rings. The molecule has 90 valence electrons. The zero-order chi connectivity index (χ0) is 12.4. The molecular formula is C12H12O5. The van der Waals surface area contributed by atoms with E-state index in [1.54, 1.807) is 6.07 Å². The number of esters is 1. The van der Waals surface area contributed by atoms with Gasteiger partial charge < -0.3 is 14.6 Å². The van der Waals surface area contributed by atoms with Crippen molar-refractivity contribution in [1.82, 2.24) is 0 Å². The van der Waals surface area contributed by atoms with Crippen LogP contribution in [0.4, 0.5) is 0 Å². The lowest BCUT2D eigenvalue weighted by Crippen LogP contribution is -2.07. The average molecular weight is 236 g/mol. The maximum Gasteiger partial charge on any atom is 0.339 e. The van der Waals surface area contributed by atoms with Gasteiger partial charge in [-0.2, -0.15) is 0 Å². The Balaban J connectivity index is 2.39. The molecule has 0 aliphatic carbocycles. The predicted octanol–water partition coefficient (Wildman–Crippen LogP) is 1.04. The number of carboxylic acid groups (broad SMARTS) is 1. The van der Waals surface area contributed by atoms with E-state index in [9.17, 15) is 9.59 Å². The van der Waals surface area contributed by atoms with Crippen LogP contribution in [0.15, 0.2) is 12.1 Å². The number of fused-ring (bicyclic) bond motifs is 1. The Morgan fingerprint density at radius 2 is 2.24 bits per heavy atom. The van der Waals surface area contributed by atoms with Crippen molar-refractivity contribution in [2.75, 3.05) is 13.7 Å². The maximum atomic E-state index is 11.2. The average Bonchev–Trinajstić information content (AvgIpc) is 2.75. The zero-order valence-electron chi connectivity index (χ0n) is 9.36. The zero-order valence-corrected chi connectivity index (χ0v) is 9.36. The molecule has 1 heterocycles. The summed E-state index contributed by atoms with van der Waals surface area (Å²) in [6.45, 7) is 0.483. The molecule has 5 heteroatoms. The van der Waals surface area contributed by atoms with Crippen molar-refractivity contribution in [1.29, 1.82) is 0 Å². The summed E-state index contributed by atoms with van der Waals surface area (Å²) in [4.78, 5) is 22.2. The van der Waals surface area contributed by atoms with Crippen molar-refractivity contribution in [3.05, 3.63) is 28.8 Å². The van der Waals surface area contributed by atoms with Crippen molar-refractivity contribution in [3.8, 4) is 5.75 Å². The van der Waals surface area contributed by atoms with Crippen LogP contribution in [-0.2, 0) is 22.4 Å². The first-order valence-corrected chi connectivity index (χ1v) is 5.20. The van der Waals surface area contributed by atoms with Crippen LogP contribution in [0.2, 0.25) is 0 Å². The summed E-state index contributed by atoms with van der Waals surface area (Å²) in [5.74, 6) is -1.01. The number of carbonyl (C=O) groups is 2. The third-order valence-corrected chi connectivity index (χ3v) is 2.65. The molecule has 1 aromatic carbocycles. The fourth-order valence-corrected chi connectivity index (χ4v) is 1.87. The number of ether oxygens (including phenoxy) is 2. The van der Waals surface area contributed by atoms with Gasteiger partial charge in [-0.3, -0.25) is 4.79 Å². The molecule has 0 atom stereocenters. The number of carbonyl (C=O) groups excluding carboxylic acids is 1. The Kier molecular flexibility index (Phi) is 2.99. The van der Waals surface area contributed by atoms with Gasteiger partial charge in [0.1, 0.15) is 11.3 Å². The molecule has 5 nitrogen and oxygen atoms in total. The van der Waals surface area contributed by atoms with Crippen LogP contribution >= 0.6 is 0 Å². The van der Waals surface area contributed by atoms with Gasteiger partial charge in [-0.1, -0.05) is 6.07 Å². The molecule has 0 saturated carbocycles. The summed E-state index contributed by atoms with van der Waals surface area (Å²) in [6.07, 6.45) is 0.745. The predicted molar refractivity (Wildman–Crippen MR) is 58.3 cm³/mol. The van der Waals surface area contributed by atoms with Crippen LogP contribution in [0.25, 0.3) is 0 Å². The van der Waals surface area contributed by atoms with Gasteiger partial charge in [0.25, 0.3) is 0 Å². The highest BCUT2D eigenvalue weighted by Crippen LogP contribution is 2.31. The Morgan fingerprint density at radius 1 is 1.47 bits per heavy atom. The second-order valence-corrected chi connectivity index (χ2v) is 3.79. The molecule has 1 aromatic rings. The Morgan fingerprint density at radius 3 is 2.88 bits per heavy atom. The van der Waals surface area contributed by atoms with Gasteiger partial charge in [-0.05, 0) is 17.2 Å². The molecule has 1 N–H and O–H groups in total. The minimum atomic E-state index is -1.05. The van der Waals surface area contributed by atoms with E-state index in [2.05, 4.69) is 4.74 Å². The molecule has 0 saturated heterocycles. The number of aromatic carboxylic acids is 1. The molecule has 0 amide bonds. The highest BCUT2D eigenvalue weighted by molar-refractivity contribution is 5.92. The van der Waals surface area contributed by atoms with Crippen LogP contribution in [0.3, 0.4) is 0 Å². The van der Waals surface area contributed by atoms with E-state index in [4.69, 9.17) is 9.84 Å². The second-order valence-electron chi connectivity index (χ2n) is 3.79. The third kappa shape index (κ3) is 2.22. The molecule has 0 bridgehead atoms. The standard InChI is InChI=1S/C12H12O5/c1-16-10(13)6-7-4-8-2-3-17-11(8)9(5-7)12(14)15/h4-5H,2-3,6H2,1H3,(H,14,15). The quantitative estimate of drug-likeness (QED) is 0.793. The minimum absolute atomic E-state index is 0.0735. The molecule has 0 unspecified atom stereocenters. The van der Waals surface area contributed by atoms with Crippen molar-refractivity contribution < 1.29 is 24.2 Å². The third-order valence-electron chi connectivity index (χ3n) is 2.65. The summed E-state index contributed by atoms with van der Waals surface area (Å²) < 4.78 is 9.84. The Labute approximate surface area is 98.0 Å². The van der Waals surface area contributed by atoms with Crippen molar-refractivity contribution in [3.63, 3.8) is 0 Å². The van der Waals surface area contributed by atoms with E-state index in [0.717, 1.165) is 5.56 Å². The number of methoxy groups -OCH3 is 1. The van der Waals surface area contributed by atoms with E-state index in [1.165, 1.54) is 13.2 Å². The first-order valence-electron chi connectivity index (χ1n) is 5.20. The second kappa shape index (κ2) is 4.45. The molecule has 2 rings (SSSR count). The van der Waals surface area contributed by atoms with Crippen LogP contribution in [0, 0.1) is 0 Å². The number of benzene rings is 1. The number of hydrogen-bond acceptors (Lipinski definition) is 4. The lowest BCUT2D eigenvalue weighted by atomic mass is 10.0. The normalized spacial score (nSPS) is 12.8. The summed E-state index contributed by atoms with van der Waals surface area (Å²) in [5.41, 5.74) is 1.58. The molecule has 0 fully saturated rings. The van der Waals surface area contributed by atoms with Gasteiger partial charge >= 0.3 is 11.9 Å². The first-order chi connectivity index (χ1) is 8.11. The number of hydrogen-bond donors (Lipinski definition) is 1. The van der Waals surface area contributed by atoms with Crippen molar-refractivity contribution in [2.24, 2.45) is 0 Å². The van der Waals surface area contributed by atoms with E-state index < -0.39 is 5.97 Å². The van der Waals surface area contributed by atoms with Crippen molar-refractivity contribution in [2.45, 2.75) is 12.8 Å². The Hall–Kier alpha value is -2.04. The molecule has 0 spiro atoms. The van der Waals surface area contributed by atoms with E-state index in [0.29, 0.717) is 24.3 Å². The van der Waals surface area contributed by atoms with E-state index >= 15 is 0 Å². The van der Waals surface area contributed by atoms with E-state index in [-0.39, 0.29) is 18.0 Å². The first kappa shape index (κ1) is 11.4. The smallest absolute Gasteiger partial charge is 0.339 e. The minimum Gasteiger partial charge on any atom is -0.492 e.